The molecule has 0 saturated carbocycles. The Balaban J connectivity index is 1.57. The number of aromatic nitrogens is 3. The third-order valence-corrected chi connectivity index (χ3v) is 4.35. The second-order valence-electron chi connectivity index (χ2n) is 7.08. The number of ether oxygens (including phenoxy) is 2. The first-order chi connectivity index (χ1) is 16.2. The zero-order chi connectivity index (χ0) is 23.6. The monoisotopic (exact) mass is 460 g/mol. The van der Waals surface area contributed by atoms with Crippen molar-refractivity contribution in [2.24, 2.45) is 5.73 Å². The van der Waals surface area contributed by atoms with Crippen LogP contribution < -0.4 is 27.0 Å². The molecule has 0 bridgehead atoms. The first-order valence-electron chi connectivity index (χ1n) is 11.4. The second kappa shape index (κ2) is 16.6. The van der Waals surface area contributed by atoms with Crippen molar-refractivity contribution < 1.29 is 14.3 Å². The van der Waals surface area contributed by atoms with Crippen molar-refractivity contribution >= 4 is 23.8 Å². The summed E-state index contributed by atoms with van der Waals surface area (Å²) in [5.41, 5.74) is 6.18. The van der Waals surface area contributed by atoms with Gasteiger partial charge in [0.2, 0.25) is 17.8 Å². The first kappa shape index (κ1) is 26.2. The van der Waals surface area contributed by atoms with E-state index in [-0.39, 0.29) is 5.91 Å². The van der Waals surface area contributed by atoms with E-state index in [2.05, 4.69) is 43.1 Å². The van der Waals surface area contributed by atoms with Crippen molar-refractivity contribution in [2.45, 2.75) is 19.8 Å². The van der Waals surface area contributed by atoms with Crippen LogP contribution >= 0.6 is 0 Å². The van der Waals surface area contributed by atoms with Gasteiger partial charge in [-0.15, -0.1) is 0 Å². The van der Waals surface area contributed by atoms with Crippen LogP contribution in [0.5, 0.6) is 0 Å². The first-order valence-corrected chi connectivity index (χ1v) is 11.4. The molecule has 33 heavy (non-hydrogen) atoms. The van der Waals surface area contributed by atoms with Crippen LogP contribution in [-0.4, -0.2) is 80.0 Å². The number of unbranched alkanes of at least 4 members (excludes halogenated alkanes) is 1. The molecule has 0 saturated heterocycles. The number of hydrogen-bond acceptors (Lipinski definition) is 10. The molecule has 2 rings (SSSR count). The van der Waals surface area contributed by atoms with Gasteiger partial charge in [0.05, 0.1) is 26.4 Å². The number of carbonyl (C=O) groups is 1. The van der Waals surface area contributed by atoms with Crippen LogP contribution in [0.2, 0.25) is 0 Å². The Morgan fingerprint density at radius 2 is 1.39 bits per heavy atom. The van der Waals surface area contributed by atoms with Gasteiger partial charge in [0.25, 0.3) is 5.91 Å². The van der Waals surface area contributed by atoms with Gasteiger partial charge in [-0.25, -0.2) is 0 Å². The van der Waals surface area contributed by atoms with Crippen molar-refractivity contribution in [1.82, 2.24) is 20.3 Å². The van der Waals surface area contributed by atoms with Crippen LogP contribution in [0.4, 0.5) is 17.8 Å². The highest BCUT2D eigenvalue weighted by Crippen LogP contribution is 2.09. The van der Waals surface area contributed by atoms with Crippen LogP contribution in [-0.2, 0) is 9.47 Å². The van der Waals surface area contributed by atoms with Gasteiger partial charge in [-0.3, -0.25) is 4.79 Å². The lowest BCUT2D eigenvalue weighted by Gasteiger charge is -2.11. The van der Waals surface area contributed by atoms with E-state index >= 15 is 0 Å². The summed E-state index contributed by atoms with van der Waals surface area (Å²) in [5.74, 6) is 1.36. The predicted octanol–water partition coefficient (Wildman–Crippen LogP) is 1.33. The average Bonchev–Trinajstić information content (AvgIpc) is 2.84. The lowest BCUT2D eigenvalue weighted by molar-refractivity contribution is 0.0519. The minimum Gasteiger partial charge on any atom is -0.377 e. The number of hydrogen-bond donors (Lipinski definition) is 5. The molecular formula is C22H36N8O3. The molecule has 11 nitrogen and oxygen atoms in total. The normalized spacial score (nSPS) is 10.6. The van der Waals surface area contributed by atoms with Crippen LogP contribution in [0.3, 0.4) is 0 Å². The van der Waals surface area contributed by atoms with E-state index in [0.29, 0.717) is 76.0 Å². The Labute approximate surface area is 195 Å². The Hall–Kier alpha value is -3.02. The minimum absolute atomic E-state index is 0.107. The second-order valence-corrected chi connectivity index (χ2v) is 7.08. The number of nitrogens with two attached hydrogens (primary N) is 1. The van der Waals surface area contributed by atoms with Gasteiger partial charge in [0.15, 0.2) is 0 Å². The molecule has 0 atom stereocenters. The highest BCUT2D eigenvalue weighted by atomic mass is 16.5. The molecule has 0 aliphatic rings. The van der Waals surface area contributed by atoms with E-state index in [4.69, 9.17) is 15.2 Å². The van der Waals surface area contributed by atoms with Gasteiger partial charge in [0.1, 0.15) is 0 Å². The number of rotatable bonds is 18. The molecule has 0 aliphatic carbocycles. The highest BCUT2D eigenvalue weighted by Gasteiger charge is 2.06. The summed E-state index contributed by atoms with van der Waals surface area (Å²) in [6, 6.07) is 9.09. The highest BCUT2D eigenvalue weighted by molar-refractivity contribution is 5.94. The van der Waals surface area contributed by atoms with Gasteiger partial charge in [-0.2, -0.15) is 15.0 Å². The number of nitrogens with one attached hydrogen (secondary N) is 4. The maximum Gasteiger partial charge on any atom is 0.251 e. The molecule has 1 aromatic carbocycles. The average molecular weight is 461 g/mol. The summed E-state index contributed by atoms with van der Waals surface area (Å²) in [6.45, 7) is 6.80. The van der Waals surface area contributed by atoms with Crippen molar-refractivity contribution in [2.75, 3.05) is 75.1 Å². The third kappa shape index (κ3) is 11.4. The van der Waals surface area contributed by atoms with Crippen LogP contribution in [0, 0.1) is 0 Å². The van der Waals surface area contributed by atoms with Crippen molar-refractivity contribution in [1.29, 1.82) is 0 Å². The fraction of sp³-hybridized carbons (Fsp3) is 0.545. The Bertz CT molecular complexity index is 794. The molecule has 2 aromatic rings. The maximum atomic E-state index is 11.9. The van der Waals surface area contributed by atoms with Crippen molar-refractivity contribution in [3.63, 3.8) is 0 Å². The van der Waals surface area contributed by atoms with E-state index in [1.807, 2.05) is 18.2 Å². The smallest absolute Gasteiger partial charge is 0.251 e. The van der Waals surface area contributed by atoms with Gasteiger partial charge in [-0.05, 0) is 18.6 Å². The van der Waals surface area contributed by atoms with E-state index in [1.165, 1.54) is 0 Å². The summed E-state index contributed by atoms with van der Waals surface area (Å²) >= 11 is 0. The zero-order valence-electron chi connectivity index (χ0n) is 19.3. The lowest BCUT2D eigenvalue weighted by Crippen LogP contribution is -2.27. The van der Waals surface area contributed by atoms with Crippen LogP contribution in [0.25, 0.3) is 0 Å². The number of carbonyl (C=O) groups excluding carboxylic acids is 1. The van der Waals surface area contributed by atoms with Gasteiger partial charge in [-0.1, -0.05) is 31.5 Å². The SMILES string of the molecule is CCCCNc1nc(NCCN)nc(NCCOCCOCCNC(=O)c2ccccc2)n1. The molecular weight excluding hydrogens is 424 g/mol. The maximum absolute atomic E-state index is 11.9. The van der Waals surface area contributed by atoms with Crippen molar-refractivity contribution in [3.8, 4) is 0 Å². The largest absolute Gasteiger partial charge is 0.377 e. The summed E-state index contributed by atoms with van der Waals surface area (Å²) in [5, 5.41) is 12.2. The predicted molar refractivity (Wildman–Crippen MR) is 130 cm³/mol. The number of benzene rings is 1. The fourth-order valence-corrected chi connectivity index (χ4v) is 2.66. The molecule has 182 valence electrons. The molecule has 0 fully saturated rings. The summed E-state index contributed by atoms with van der Waals surface area (Å²) in [6.07, 6.45) is 2.13. The Kier molecular flexibility index (Phi) is 13.2. The third-order valence-electron chi connectivity index (χ3n) is 4.35. The van der Waals surface area contributed by atoms with Gasteiger partial charge >= 0.3 is 0 Å². The van der Waals surface area contributed by atoms with Crippen molar-refractivity contribution in [3.05, 3.63) is 35.9 Å². The van der Waals surface area contributed by atoms with E-state index in [0.717, 1.165) is 19.4 Å². The summed E-state index contributed by atoms with van der Waals surface area (Å²) < 4.78 is 11.0. The summed E-state index contributed by atoms with van der Waals surface area (Å²) in [4.78, 5) is 25.0. The number of nitrogens with zero attached hydrogens (tertiary/aromatic N) is 3. The van der Waals surface area contributed by atoms with E-state index in [9.17, 15) is 4.79 Å². The minimum atomic E-state index is -0.107. The molecule has 0 radical (unpaired) electrons. The van der Waals surface area contributed by atoms with Gasteiger partial charge in [0, 0.05) is 38.3 Å². The molecule has 0 unspecified atom stereocenters. The molecule has 6 N–H and O–H groups in total. The molecule has 0 spiro atoms. The Morgan fingerprint density at radius 1 is 0.818 bits per heavy atom. The standard InChI is InChI=1S/C22H36N8O3/c1-2-3-10-25-20-28-21(26-11-9-23)30-22(29-20)27-13-15-33-17-16-32-14-12-24-19(31)18-7-5-4-6-8-18/h4-8H,2-3,9-17,23H2,1H3,(H,24,31)(H3,25,26,27,28,29,30). The molecule has 11 heteroatoms. The number of anilines is 3. The zero-order valence-corrected chi connectivity index (χ0v) is 19.3. The Morgan fingerprint density at radius 3 is 2.00 bits per heavy atom. The van der Waals surface area contributed by atoms with Crippen LogP contribution in [0.1, 0.15) is 30.1 Å². The number of amides is 1. The van der Waals surface area contributed by atoms with Gasteiger partial charge < -0.3 is 36.5 Å². The molecule has 0 aliphatic heterocycles. The fourth-order valence-electron chi connectivity index (χ4n) is 2.66. The summed E-state index contributed by atoms with van der Waals surface area (Å²) in [7, 11) is 0. The van der Waals surface area contributed by atoms with E-state index < -0.39 is 0 Å². The lowest BCUT2D eigenvalue weighted by atomic mass is 10.2. The molecule has 1 aromatic heterocycles. The quantitative estimate of drug-likeness (QED) is 0.206. The molecule has 1 amide bonds. The van der Waals surface area contributed by atoms with E-state index in [1.54, 1.807) is 12.1 Å². The topological polar surface area (TPSA) is 148 Å². The molecule has 1 heterocycles. The van der Waals surface area contributed by atoms with Crippen LogP contribution in [0.15, 0.2) is 30.3 Å².